The van der Waals surface area contributed by atoms with Gasteiger partial charge in [0.15, 0.2) is 6.04 Å². The quantitative estimate of drug-likeness (QED) is 0.815. The Hall–Kier alpha value is -2.71. The van der Waals surface area contributed by atoms with Crippen molar-refractivity contribution in [3.63, 3.8) is 0 Å². The third-order valence-electron chi connectivity index (χ3n) is 5.89. The van der Waals surface area contributed by atoms with Gasteiger partial charge in [0.2, 0.25) is 5.91 Å². The van der Waals surface area contributed by atoms with Gasteiger partial charge >= 0.3 is 6.18 Å². The molecule has 2 aromatic rings. The number of aromatic nitrogens is 2. The number of methoxy groups -OCH3 is 1. The minimum Gasteiger partial charge on any atom is -0.496 e. The third-order valence-corrected chi connectivity index (χ3v) is 5.89. The van der Waals surface area contributed by atoms with Gasteiger partial charge in [-0.1, -0.05) is 18.2 Å². The van der Waals surface area contributed by atoms with E-state index in [4.69, 9.17) is 4.74 Å². The largest absolute Gasteiger partial charge is 0.496 e. The third kappa shape index (κ3) is 3.97. The molecule has 9 heteroatoms. The molecule has 1 aromatic heterocycles. The van der Waals surface area contributed by atoms with Crippen molar-refractivity contribution in [1.82, 2.24) is 14.7 Å². The van der Waals surface area contributed by atoms with Crippen molar-refractivity contribution >= 4 is 11.7 Å². The Kier molecular flexibility index (Phi) is 5.38. The second kappa shape index (κ2) is 7.85. The molecule has 1 unspecified atom stereocenters. The molecule has 0 bridgehead atoms. The molecule has 4 rings (SSSR count). The molecule has 3 atom stereocenters. The lowest BCUT2D eigenvalue weighted by atomic mass is 10.0. The molecule has 1 aromatic carbocycles. The summed E-state index contributed by atoms with van der Waals surface area (Å²) < 4.78 is 46.8. The van der Waals surface area contributed by atoms with Gasteiger partial charge in [-0.15, -0.1) is 0 Å². The van der Waals surface area contributed by atoms with E-state index < -0.39 is 12.2 Å². The van der Waals surface area contributed by atoms with E-state index in [2.05, 4.69) is 10.4 Å². The molecule has 1 N–H and O–H groups in total. The first-order chi connectivity index (χ1) is 14.3. The molecule has 0 aliphatic carbocycles. The van der Waals surface area contributed by atoms with Crippen LogP contribution in [-0.4, -0.2) is 53.0 Å². The minimum absolute atomic E-state index is 0.0223. The highest BCUT2D eigenvalue weighted by molar-refractivity contribution is 5.80. The zero-order valence-corrected chi connectivity index (χ0v) is 16.9. The van der Waals surface area contributed by atoms with Crippen LogP contribution >= 0.6 is 0 Å². The lowest BCUT2D eigenvalue weighted by Crippen LogP contribution is -2.37. The maximum atomic E-state index is 13.5. The van der Waals surface area contributed by atoms with Gasteiger partial charge in [0.25, 0.3) is 0 Å². The molecule has 2 aliphatic heterocycles. The zero-order chi connectivity index (χ0) is 21.5. The zero-order valence-electron chi connectivity index (χ0n) is 16.9. The van der Waals surface area contributed by atoms with Gasteiger partial charge in [0.05, 0.1) is 19.2 Å². The first kappa shape index (κ1) is 20.6. The number of nitrogens with one attached hydrogen (secondary N) is 1. The first-order valence-electron chi connectivity index (χ1n) is 10.1. The Balaban J connectivity index is 1.47. The number of para-hydroxylation sites is 1. The normalized spacial score (nSPS) is 23.8. The number of amides is 1. The van der Waals surface area contributed by atoms with E-state index in [1.165, 1.54) is 0 Å². The standard InChI is InChI=1S/C21H25F3N4O2/c1-13-9-18(21(22,23)24)28-19(25-13)11-16(26-28)15-7-8-27(12-15)20(29)10-14-5-3-4-6-17(14)30-2/h3-6,11,13,15,18,25H,7-10,12H2,1-2H3/t13-,15?,18-/m1/s1. The molecule has 0 spiro atoms. The number of nitrogens with zero attached hydrogens (tertiary/aromatic N) is 3. The smallest absolute Gasteiger partial charge is 0.410 e. The molecule has 30 heavy (non-hydrogen) atoms. The van der Waals surface area contributed by atoms with E-state index in [0.717, 1.165) is 10.2 Å². The first-order valence-corrected chi connectivity index (χ1v) is 10.1. The van der Waals surface area contributed by atoms with Gasteiger partial charge in [-0.05, 0) is 25.8 Å². The summed E-state index contributed by atoms with van der Waals surface area (Å²) in [6, 6.07) is 7.18. The Morgan fingerprint density at radius 3 is 2.83 bits per heavy atom. The van der Waals surface area contributed by atoms with Gasteiger partial charge < -0.3 is 15.0 Å². The summed E-state index contributed by atoms with van der Waals surface area (Å²) in [6.45, 7) is 2.76. The predicted octanol–water partition coefficient (Wildman–Crippen LogP) is 3.76. The Morgan fingerprint density at radius 1 is 1.33 bits per heavy atom. The van der Waals surface area contributed by atoms with Crippen molar-refractivity contribution < 1.29 is 22.7 Å². The van der Waals surface area contributed by atoms with E-state index in [1.807, 2.05) is 24.3 Å². The van der Waals surface area contributed by atoms with Gasteiger partial charge in [-0.2, -0.15) is 18.3 Å². The summed E-state index contributed by atoms with van der Waals surface area (Å²) >= 11 is 0. The fraction of sp³-hybridized carbons (Fsp3) is 0.524. The number of fused-ring (bicyclic) bond motifs is 1. The Labute approximate surface area is 173 Å². The number of alkyl halides is 3. The van der Waals surface area contributed by atoms with E-state index in [9.17, 15) is 18.0 Å². The maximum absolute atomic E-state index is 13.5. The molecule has 0 radical (unpaired) electrons. The number of carbonyl (C=O) groups is 1. The van der Waals surface area contributed by atoms with E-state index in [1.54, 1.807) is 25.0 Å². The van der Waals surface area contributed by atoms with Gasteiger partial charge in [-0.3, -0.25) is 4.79 Å². The van der Waals surface area contributed by atoms with Gasteiger partial charge in [0.1, 0.15) is 11.6 Å². The summed E-state index contributed by atoms with van der Waals surface area (Å²) in [6.07, 6.45) is -3.49. The van der Waals surface area contributed by atoms with Crippen LogP contribution in [0.15, 0.2) is 30.3 Å². The summed E-state index contributed by atoms with van der Waals surface area (Å²) in [7, 11) is 1.57. The van der Waals surface area contributed by atoms with Crippen molar-refractivity contribution in [3.05, 3.63) is 41.6 Å². The van der Waals surface area contributed by atoms with Crippen molar-refractivity contribution in [2.24, 2.45) is 0 Å². The number of ether oxygens (including phenoxy) is 1. The van der Waals surface area contributed by atoms with Crippen molar-refractivity contribution in [3.8, 4) is 5.75 Å². The molecule has 162 valence electrons. The average Bonchev–Trinajstić information content (AvgIpc) is 3.34. The lowest BCUT2D eigenvalue weighted by molar-refractivity contribution is -0.173. The van der Waals surface area contributed by atoms with Crippen LogP contribution in [0.3, 0.4) is 0 Å². The number of benzene rings is 1. The van der Waals surface area contributed by atoms with Crippen LogP contribution in [-0.2, 0) is 11.2 Å². The fourth-order valence-electron chi connectivity index (χ4n) is 4.33. The van der Waals surface area contributed by atoms with Crippen LogP contribution in [0, 0.1) is 0 Å². The predicted molar refractivity (Wildman–Crippen MR) is 106 cm³/mol. The van der Waals surface area contributed by atoms with E-state index >= 15 is 0 Å². The second-order valence-corrected chi connectivity index (χ2v) is 8.05. The minimum atomic E-state index is -4.35. The summed E-state index contributed by atoms with van der Waals surface area (Å²) in [5, 5.41) is 7.39. The molecule has 1 saturated heterocycles. The van der Waals surface area contributed by atoms with Crippen LogP contribution in [0.4, 0.5) is 19.0 Å². The van der Waals surface area contributed by atoms with E-state index in [-0.39, 0.29) is 30.7 Å². The highest BCUT2D eigenvalue weighted by Gasteiger charge is 2.46. The lowest BCUT2D eigenvalue weighted by Gasteiger charge is -2.31. The van der Waals surface area contributed by atoms with Crippen molar-refractivity contribution in [2.75, 3.05) is 25.5 Å². The number of hydrogen-bond acceptors (Lipinski definition) is 4. The summed E-state index contributed by atoms with van der Waals surface area (Å²) in [5.74, 6) is 0.966. The van der Waals surface area contributed by atoms with E-state index in [0.29, 0.717) is 36.8 Å². The van der Waals surface area contributed by atoms with Crippen LogP contribution in [0.1, 0.15) is 43.0 Å². The number of anilines is 1. The monoisotopic (exact) mass is 422 g/mol. The molecular weight excluding hydrogens is 397 g/mol. The molecule has 1 amide bonds. The highest BCUT2D eigenvalue weighted by Crippen LogP contribution is 2.40. The fourth-order valence-corrected chi connectivity index (χ4v) is 4.33. The summed E-state index contributed by atoms with van der Waals surface area (Å²) in [4.78, 5) is 14.5. The summed E-state index contributed by atoms with van der Waals surface area (Å²) in [5.41, 5.74) is 1.42. The highest BCUT2D eigenvalue weighted by atomic mass is 19.4. The number of halogens is 3. The number of rotatable bonds is 4. The van der Waals surface area contributed by atoms with Gasteiger partial charge in [-0.25, -0.2) is 4.68 Å². The average molecular weight is 422 g/mol. The number of hydrogen-bond donors (Lipinski definition) is 1. The Morgan fingerprint density at radius 2 is 2.10 bits per heavy atom. The molecule has 3 heterocycles. The second-order valence-electron chi connectivity index (χ2n) is 8.05. The molecule has 0 saturated carbocycles. The Bertz CT molecular complexity index is 927. The molecule has 1 fully saturated rings. The van der Waals surface area contributed by atoms with Crippen LogP contribution in [0.25, 0.3) is 0 Å². The van der Waals surface area contributed by atoms with Gasteiger partial charge in [0, 0.05) is 36.7 Å². The maximum Gasteiger partial charge on any atom is 0.410 e. The number of likely N-dealkylation sites (tertiary alicyclic amines) is 1. The number of carbonyl (C=O) groups excluding carboxylic acids is 1. The molecule has 6 nitrogen and oxygen atoms in total. The molecule has 2 aliphatic rings. The topological polar surface area (TPSA) is 59.4 Å². The van der Waals surface area contributed by atoms with Crippen LogP contribution in [0.2, 0.25) is 0 Å². The van der Waals surface area contributed by atoms with Crippen LogP contribution in [0.5, 0.6) is 5.75 Å². The van der Waals surface area contributed by atoms with Crippen LogP contribution < -0.4 is 10.1 Å². The van der Waals surface area contributed by atoms with Crippen molar-refractivity contribution in [2.45, 2.75) is 50.4 Å². The molecular formula is C21H25F3N4O2. The SMILES string of the molecule is COc1ccccc1CC(=O)N1CCC(c2cc3n(n2)[C@@H](C(F)(F)F)C[C@@H](C)N3)C1. The van der Waals surface area contributed by atoms with Crippen molar-refractivity contribution in [1.29, 1.82) is 0 Å².